The van der Waals surface area contributed by atoms with Gasteiger partial charge in [-0.3, -0.25) is 4.98 Å². The fourth-order valence-corrected chi connectivity index (χ4v) is 4.31. The lowest BCUT2D eigenvalue weighted by molar-refractivity contribution is 0.480. The minimum absolute atomic E-state index is 0.692. The molecule has 0 saturated carbocycles. The van der Waals surface area contributed by atoms with Crippen molar-refractivity contribution in [3.05, 3.63) is 83.7 Å². The standard InChI is InChI=1S/C24H27N/c1-3-9-20(10-4-1)22-13-7-8-19(16-22)17-24-18-23(14-15-25-24)21-11-5-2-6-12-21/h1-5,9-10,13-15,18-19,21H,6-8,11-12,16-17H2. The van der Waals surface area contributed by atoms with Crippen LogP contribution < -0.4 is 0 Å². The van der Waals surface area contributed by atoms with E-state index >= 15 is 0 Å². The fourth-order valence-electron chi connectivity index (χ4n) is 4.31. The third-order valence-electron chi connectivity index (χ3n) is 5.70. The van der Waals surface area contributed by atoms with Crippen molar-refractivity contribution in [2.24, 2.45) is 5.92 Å². The Morgan fingerprint density at radius 3 is 2.72 bits per heavy atom. The molecule has 2 aliphatic carbocycles. The summed E-state index contributed by atoms with van der Waals surface area (Å²) in [4.78, 5) is 4.69. The molecule has 0 saturated heterocycles. The van der Waals surface area contributed by atoms with E-state index in [0.29, 0.717) is 11.8 Å². The molecule has 2 aliphatic rings. The van der Waals surface area contributed by atoms with Gasteiger partial charge in [-0.25, -0.2) is 0 Å². The first kappa shape index (κ1) is 16.3. The molecule has 0 bridgehead atoms. The van der Waals surface area contributed by atoms with Gasteiger partial charge in [-0.2, -0.15) is 0 Å². The van der Waals surface area contributed by atoms with Crippen LogP contribution in [-0.2, 0) is 6.42 Å². The Balaban J connectivity index is 1.44. The van der Waals surface area contributed by atoms with Crippen LogP contribution in [0.2, 0.25) is 0 Å². The number of aromatic nitrogens is 1. The van der Waals surface area contributed by atoms with E-state index in [1.807, 2.05) is 6.20 Å². The zero-order valence-corrected chi connectivity index (χ0v) is 14.9. The van der Waals surface area contributed by atoms with Gasteiger partial charge in [-0.05, 0) is 85.6 Å². The van der Waals surface area contributed by atoms with Crippen LogP contribution in [0.1, 0.15) is 61.3 Å². The van der Waals surface area contributed by atoms with Crippen molar-refractivity contribution in [2.75, 3.05) is 0 Å². The molecule has 1 aromatic heterocycles. The lowest BCUT2D eigenvalue weighted by Crippen LogP contribution is -2.11. The van der Waals surface area contributed by atoms with Gasteiger partial charge in [0.05, 0.1) is 0 Å². The van der Waals surface area contributed by atoms with Crippen molar-refractivity contribution in [2.45, 2.75) is 50.9 Å². The molecule has 0 N–H and O–H groups in total. The van der Waals surface area contributed by atoms with Crippen molar-refractivity contribution in [3.63, 3.8) is 0 Å². The summed E-state index contributed by atoms with van der Waals surface area (Å²) >= 11 is 0. The van der Waals surface area contributed by atoms with E-state index in [2.05, 4.69) is 65.7 Å². The molecule has 2 aromatic rings. The first-order valence-corrected chi connectivity index (χ1v) is 9.73. The van der Waals surface area contributed by atoms with Crippen LogP contribution in [0, 0.1) is 5.92 Å². The second kappa shape index (κ2) is 7.82. The number of nitrogens with zero attached hydrogens (tertiary/aromatic N) is 1. The highest BCUT2D eigenvalue weighted by Gasteiger charge is 2.19. The Bertz CT molecular complexity index is 757. The number of hydrogen-bond donors (Lipinski definition) is 0. The first-order valence-electron chi connectivity index (χ1n) is 9.73. The Labute approximate surface area is 151 Å². The molecule has 1 heterocycles. The van der Waals surface area contributed by atoms with E-state index in [-0.39, 0.29) is 0 Å². The molecule has 128 valence electrons. The zero-order chi connectivity index (χ0) is 16.9. The Morgan fingerprint density at radius 1 is 0.960 bits per heavy atom. The molecule has 0 fully saturated rings. The maximum Gasteiger partial charge on any atom is 0.0409 e. The number of pyridine rings is 1. The van der Waals surface area contributed by atoms with Gasteiger partial charge in [-0.15, -0.1) is 0 Å². The monoisotopic (exact) mass is 329 g/mol. The van der Waals surface area contributed by atoms with E-state index in [1.165, 1.54) is 60.9 Å². The molecule has 1 heteroatoms. The molecule has 0 amide bonds. The first-order chi connectivity index (χ1) is 12.4. The third kappa shape index (κ3) is 4.10. The second-order valence-corrected chi connectivity index (χ2v) is 7.51. The Kier molecular flexibility index (Phi) is 5.11. The summed E-state index contributed by atoms with van der Waals surface area (Å²) in [6.45, 7) is 0. The molecule has 1 nitrogen and oxygen atoms in total. The summed E-state index contributed by atoms with van der Waals surface area (Å²) in [5.41, 5.74) is 5.68. The van der Waals surface area contributed by atoms with Crippen LogP contribution in [-0.4, -0.2) is 4.98 Å². The van der Waals surface area contributed by atoms with Crippen LogP contribution in [0.3, 0.4) is 0 Å². The minimum atomic E-state index is 0.692. The lowest BCUT2D eigenvalue weighted by atomic mass is 9.82. The largest absolute Gasteiger partial charge is 0.261 e. The highest BCUT2D eigenvalue weighted by Crippen LogP contribution is 2.34. The number of benzene rings is 1. The van der Waals surface area contributed by atoms with E-state index in [0.717, 1.165) is 6.42 Å². The summed E-state index contributed by atoms with van der Waals surface area (Å²) in [6.07, 6.45) is 17.6. The van der Waals surface area contributed by atoms with Gasteiger partial charge in [0.25, 0.3) is 0 Å². The average molecular weight is 329 g/mol. The predicted octanol–water partition coefficient (Wildman–Crippen LogP) is 6.33. The molecular formula is C24H27N. The van der Waals surface area contributed by atoms with Crippen molar-refractivity contribution in [1.29, 1.82) is 0 Å². The summed E-state index contributed by atoms with van der Waals surface area (Å²) in [6, 6.07) is 15.5. The van der Waals surface area contributed by atoms with Crippen LogP contribution in [0.5, 0.6) is 0 Å². The number of rotatable bonds is 4. The maximum atomic E-state index is 4.69. The molecule has 2 atom stereocenters. The average Bonchev–Trinajstić information content (AvgIpc) is 2.70. The fraction of sp³-hybridized carbons (Fsp3) is 0.375. The van der Waals surface area contributed by atoms with Crippen molar-refractivity contribution < 1.29 is 0 Å². The molecule has 0 radical (unpaired) electrons. The molecular weight excluding hydrogens is 302 g/mol. The SMILES string of the molecule is C1=CCC(c2ccnc(CC3CCC=C(c4ccccc4)C3)c2)CC1. The topological polar surface area (TPSA) is 12.9 Å². The summed E-state index contributed by atoms with van der Waals surface area (Å²) in [7, 11) is 0. The Hall–Kier alpha value is -2.15. The molecule has 25 heavy (non-hydrogen) atoms. The van der Waals surface area contributed by atoms with Crippen molar-refractivity contribution in [3.8, 4) is 0 Å². The number of allylic oxidation sites excluding steroid dienone is 4. The lowest BCUT2D eigenvalue weighted by Gasteiger charge is -2.24. The highest BCUT2D eigenvalue weighted by molar-refractivity contribution is 5.66. The minimum Gasteiger partial charge on any atom is -0.261 e. The van der Waals surface area contributed by atoms with Gasteiger partial charge < -0.3 is 0 Å². The van der Waals surface area contributed by atoms with E-state index in [4.69, 9.17) is 0 Å². The molecule has 1 aromatic carbocycles. The van der Waals surface area contributed by atoms with Crippen molar-refractivity contribution in [1.82, 2.24) is 4.98 Å². The zero-order valence-electron chi connectivity index (χ0n) is 14.9. The van der Waals surface area contributed by atoms with Gasteiger partial charge in [0.15, 0.2) is 0 Å². The van der Waals surface area contributed by atoms with Crippen LogP contribution >= 0.6 is 0 Å². The van der Waals surface area contributed by atoms with Crippen LogP contribution in [0.4, 0.5) is 0 Å². The summed E-state index contributed by atoms with van der Waals surface area (Å²) in [5.74, 6) is 1.41. The smallest absolute Gasteiger partial charge is 0.0409 e. The maximum absolute atomic E-state index is 4.69. The third-order valence-corrected chi connectivity index (χ3v) is 5.70. The van der Waals surface area contributed by atoms with Crippen LogP contribution in [0.15, 0.2) is 66.9 Å². The van der Waals surface area contributed by atoms with Gasteiger partial charge in [0, 0.05) is 11.9 Å². The van der Waals surface area contributed by atoms with E-state index in [1.54, 1.807) is 0 Å². The number of hydrogen-bond acceptors (Lipinski definition) is 1. The van der Waals surface area contributed by atoms with Gasteiger partial charge >= 0.3 is 0 Å². The van der Waals surface area contributed by atoms with Gasteiger partial charge in [0.1, 0.15) is 0 Å². The van der Waals surface area contributed by atoms with Gasteiger partial charge in [-0.1, -0.05) is 48.6 Å². The second-order valence-electron chi connectivity index (χ2n) is 7.51. The van der Waals surface area contributed by atoms with E-state index in [9.17, 15) is 0 Å². The predicted molar refractivity (Wildman–Crippen MR) is 105 cm³/mol. The van der Waals surface area contributed by atoms with Gasteiger partial charge in [0.2, 0.25) is 0 Å². The molecule has 0 spiro atoms. The molecule has 4 rings (SSSR count). The molecule has 2 unspecified atom stereocenters. The van der Waals surface area contributed by atoms with Crippen molar-refractivity contribution >= 4 is 5.57 Å². The summed E-state index contributed by atoms with van der Waals surface area (Å²) in [5, 5.41) is 0. The molecule has 0 aliphatic heterocycles. The Morgan fingerprint density at radius 2 is 1.88 bits per heavy atom. The normalized spacial score (nSPS) is 23.3. The van der Waals surface area contributed by atoms with Crippen LogP contribution in [0.25, 0.3) is 5.57 Å². The quantitative estimate of drug-likeness (QED) is 0.597. The highest BCUT2D eigenvalue weighted by atomic mass is 14.7. The van der Waals surface area contributed by atoms with E-state index < -0.39 is 0 Å². The summed E-state index contributed by atoms with van der Waals surface area (Å²) < 4.78 is 0.